The summed E-state index contributed by atoms with van der Waals surface area (Å²) in [5.41, 5.74) is 0.337. The van der Waals surface area contributed by atoms with Gasteiger partial charge in [0.2, 0.25) is 5.95 Å². The Morgan fingerprint density at radius 1 is 1.44 bits per heavy atom. The van der Waals surface area contributed by atoms with Crippen LogP contribution in [0.5, 0.6) is 0 Å². The molecule has 2 aromatic heterocycles. The van der Waals surface area contributed by atoms with Gasteiger partial charge in [-0.1, -0.05) is 20.8 Å². The molecule has 1 aliphatic heterocycles. The molecule has 1 aliphatic rings. The largest absolute Gasteiger partial charge is 0.414 e. The van der Waals surface area contributed by atoms with Crippen molar-refractivity contribution in [3.05, 3.63) is 20.1 Å². The lowest BCUT2D eigenvalue weighted by molar-refractivity contribution is -0.0506. The molecule has 9 nitrogen and oxygen atoms in total. The zero-order chi connectivity index (χ0) is 25.3. The number of nitrogens with one attached hydrogen (secondary N) is 1. The van der Waals surface area contributed by atoms with Crippen molar-refractivity contribution >= 4 is 66.0 Å². The Morgan fingerprint density at radius 2 is 2.15 bits per heavy atom. The van der Waals surface area contributed by atoms with E-state index >= 15 is 0 Å². The van der Waals surface area contributed by atoms with E-state index in [1.807, 2.05) is 31.1 Å². The standard InChI is InChI=1S/C22H36IN5O4SSi/c1-22(2,3)34(7,8)31-11-16-15(30-13-33-6)9-17(32-16)28-10-14(23)18-19(28)25-21(26-20(18)29)24-12-27(4)5/h10,12,15-17H,9,11,13H2,1-8H3,(H,25,26,29)/b24-12-/t15-,16-,17-/m1/s1. The smallest absolute Gasteiger partial charge is 0.262 e. The van der Waals surface area contributed by atoms with Gasteiger partial charge in [0.15, 0.2) is 14.0 Å². The van der Waals surface area contributed by atoms with E-state index in [-0.39, 0.29) is 35.0 Å². The molecular weight excluding hydrogens is 585 g/mol. The van der Waals surface area contributed by atoms with Crippen molar-refractivity contribution in [2.75, 3.05) is 32.9 Å². The number of rotatable bonds is 9. The molecule has 3 atom stereocenters. The molecule has 0 radical (unpaired) electrons. The summed E-state index contributed by atoms with van der Waals surface area (Å²) in [6.45, 7) is 11.6. The third kappa shape index (κ3) is 6.24. The molecule has 2 aromatic rings. The Bertz CT molecular complexity index is 1080. The number of hydrogen-bond donors (Lipinski definition) is 1. The highest BCUT2D eigenvalue weighted by atomic mass is 127. The Hall–Kier alpha value is -0.933. The molecule has 0 saturated carbocycles. The highest BCUT2D eigenvalue weighted by molar-refractivity contribution is 14.1. The summed E-state index contributed by atoms with van der Waals surface area (Å²) in [6.07, 6.45) is 5.57. The number of thioether (sulfide) groups is 1. The summed E-state index contributed by atoms with van der Waals surface area (Å²) in [7, 11) is 1.79. The first-order valence-electron chi connectivity index (χ1n) is 11.2. The topological polar surface area (TPSA) is 94.0 Å². The van der Waals surface area contributed by atoms with Crippen molar-refractivity contribution in [3.8, 4) is 0 Å². The number of fused-ring (bicyclic) bond motifs is 1. The van der Waals surface area contributed by atoms with E-state index in [9.17, 15) is 4.79 Å². The minimum Gasteiger partial charge on any atom is -0.414 e. The van der Waals surface area contributed by atoms with Gasteiger partial charge in [-0.25, -0.2) is 4.99 Å². The summed E-state index contributed by atoms with van der Waals surface area (Å²) in [5.74, 6) is 0.843. The van der Waals surface area contributed by atoms with Gasteiger partial charge < -0.3 is 23.4 Å². The number of aromatic nitrogens is 3. The Morgan fingerprint density at radius 3 is 2.76 bits per heavy atom. The van der Waals surface area contributed by atoms with Crippen LogP contribution < -0.4 is 5.56 Å². The van der Waals surface area contributed by atoms with Crippen molar-refractivity contribution in [1.29, 1.82) is 0 Å². The lowest BCUT2D eigenvalue weighted by Crippen LogP contribution is -2.44. The molecular formula is C22H36IN5O4SSi. The average Bonchev–Trinajstić information content (AvgIpc) is 3.29. The first kappa shape index (κ1) is 27.7. The predicted molar refractivity (Wildman–Crippen MR) is 150 cm³/mol. The second kappa shape index (κ2) is 11.0. The van der Waals surface area contributed by atoms with E-state index in [2.05, 4.69) is 71.4 Å². The molecule has 3 rings (SSSR count). The number of ether oxygens (including phenoxy) is 2. The van der Waals surface area contributed by atoms with E-state index < -0.39 is 8.32 Å². The molecule has 1 fully saturated rings. The number of H-pyrrole nitrogens is 1. The lowest BCUT2D eigenvalue weighted by atomic mass is 10.2. The first-order valence-corrected chi connectivity index (χ1v) is 16.6. The van der Waals surface area contributed by atoms with Gasteiger partial charge in [0.1, 0.15) is 12.3 Å². The van der Waals surface area contributed by atoms with Crippen molar-refractivity contribution in [1.82, 2.24) is 19.4 Å². The highest BCUT2D eigenvalue weighted by Gasteiger charge is 2.42. The molecule has 0 aromatic carbocycles. The highest BCUT2D eigenvalue weighted by Crippen LogP contribution is 2.39. The number of aromatic amines is 1. The predicted octanol–water partition coefficient (Wildman–Crippen LogP) is 4.57. The van der Waals surface area contributed by atoms with Crippen LogP contribution in [0.1, 0.15) is 33.4 Å². The fourth-order valence-corrected chi connectivity index (χ4v) is 5.52. The first-order chi connectivity index (χ1) is 15.8. The zero-order valence-corrected chi connectivity index (χ0v) is 25.2. The molecule has 0 aliphatic carbocycles. The van der Waals surface area contributed by atoms with Gasteiger partial charge in [-0.2, -0.15) is 4.98 Å². The zero-order valence-electron chi connectivity index (χ0n) is 21.2. The van der Waals surface area contributed by atoms with Crippen LogP contribution in [0.4, 0.5) is 5.95 Å². The maximum atomic E-state index is 12.8. The van der Waals surface area contributed by atoms with Crippen LogP contribution in [-0.4, -0.2) is 79.2 Å². The van der Waals surface area contributed by atoms with Crippen molar-refractivity contribution in [3.63, 3.8) is 0 Å². The lowest BCUT2D eigenvalue weighted by Gasteiger charge is -2.37. The maximum absolute atomic E-state index is 12.8. The van der Waals surface area contributed by atoms with Crippen LogP contribution in [0.25, 0.3) is 11.0 Å². The molecule has 12 heteroatoms. The van der Waals surface area contributed by atoms with Crippen LogP contribution in [0.3, 0.4) is 0 Å². The Kier molecular flexibility index (Phi) is 8.94. The average molecular weight is 622 g/mol. The van der Waals surface area contributed by atoms with Crippen molar-refractivity contribution in [2.45, 2.75) is 63.8 Å². The molecule has 1 saturated heterocycles. The van der Waals surface area contributed by atoms with E-state index in [1.165, 1.54) is 0 Å². The summed E-state index contributed by atoms with van der Waals surface area (Å²) in [4.78, 5) is 26.2. The third-order valence-corrected chi connectivity index (χ3v) is 12.0. The molecule has 34 heavy (non-hydrogen) atoms. The molecule has 0 spiro atoms. The van der Waals surface area contributed by atoms with E-state index in [0.29, 0.717) is 30.0 Å². The van der Waals surface area contributed by atoms with Gasteiger partial charge in [0.05, 0.1) is 30.4 Å². The summed E-state index contributed by atoms with van der Waals surface area (Å²) >= 11 is 3.81. The van der Waals surface area contributed by atoms with Crippen molar-refractivity contribution < 1.29 is 13.9 Å². The fraction of sp³-hybridized carbons (Fsp3) is 0.682. The molecule has 1 N–H and O–H groups in total. The van der Waals surface area contributed by atoms with Crippen LogP contribution >= 0.6 is 34.4 Å². The van der Waals surface area contributed by atoms with Crippen LogP contribution in [0.2, 0.25) is 18.1 Å². The number of hydrogen-bond acceptors (Lipinski definition) is 7. The maximum Gasteiger partial charge on any atom is 0.262 e. The van der Waals surface area contributed by atoms with Gasteiger partial charge in [-0.3, -0.25) is 9.78 Å². The van der Waals surface area contributed by atoms with Crippen LogP contribution in [0, 0.1) is 3.57 Å². The van der Waals surface area contributed by atoms with Gasteiger partial charge >= 0.3 is 0 Å². The number of halogens is 1. The number of aliphatic imine (C=N–C) groups is 1. The summed E-state index contributed by atoms with van der Waals surface area (Å²) < 4.78 is 21.9. The normalized spacial score (nSPS) is 21.7. The van der Waals surface area contributed by atoms with E-state index in [0.717, 1.165) is 3.57 Å². The molecule has 0 amide bonds. The minimum absolute atomic E-state index is 0.106. The fourth-order valence-electron chi connectivity index (χ4n) is 3.41. The van der Waals surface area contributed by atoms with Gasteiger partial charge in [-0.05, 0) is 47.0 Å². The summed E-state index contributed by atoms with van der Waals surface area (Å²) in [6, 6.07) is 0. The SMILES string of the molecule is CSCO[C@@H]1C[C@H](n2cc(I)c3c(=O)[nH]c(/N=C\N(C)C)nc32)O[C@@H]1CO[Si](C)(C)C(C)(C)C. The Labute approximate surface area is 220 Å². The molecule has 190 valence electrons. The van der Waals surface area contributed by atoms with Crippen molar-refractivity contribution in [2.24, 2.45) is 4.99 Å². The second-order valence-electron chi connectivity index (χ2n) is 10.2. The molecule has 0 unspecified atom stereocenters. The van der Waals surface area contributed by atoms with Gasteiger partial charge in [0, 0.05) is 30.3 Å². The quantitative estimate of drug-likeness (QED) is 0.144. The Balaban J connectivity index is 1.91. The summed E-state index contributed by atoms with van der Waals surface area (Å²) in [5, 5.41) is 0.650. The van der Waals surface area contributed by atoms with Gasteiger partial charge in [-0.15, -0.1) is 11.8 Å². The van der Waals surface area contributed by atoms with Crippen LogP contribution in [-0.2, 0) is 13.9 Å². The van der Waals surface area contributed by atoms with E-state index in [4.69, 9.17) is 13.9 Å². The van der Waals surface area contributed by atoms with E-state index in [1.54, 1.807) is 23.0 Å². The molecule has 0 bridgehead atoms. The molecule has 3 heterocycles. The number of nitrogens with zero attached hydrogens (tertiary/aromatic N) is 4. The monoisotopic (exact) mass is 621 g/mol. The third-order valence-electron chi connectivity index (χ3n) is 6.34. The van der Waals surface area contributed by atoms with Gasteiger partial charge in [0.25, 0.3) is 5.56 Å². The van der Waals surface area contributed by atoms with Crippen LogP contribution in [0.15, 0.2) is 16.0 Å². The minimum atomic E-state index is -1.93. The second-order valence-corrected chi connectivity index (χ2v) is 17.0.